The summed E-state index contributed by atoms with van der Waals surface area (Å²) in [7, 11) is -2.39. The Morgan fingerprint density at radius 3 is 2.93 bits per heavy atom. The van der Waals surface area contributed by atoms with Crippen molar-refractivity contribution in [3.8, 4) is 5.75 Å². The van der Waals surface area contributed by atoms with Crippen molar-refractivity contribution in [1.29, 1.82) is 0 Å². The zero-order valence-electron chi connectivity index (χ0n) is 7.67. The van der Waals surface area contributed by atoms with Crippen molar-refractivity contribution in [1.82, 2.24) is 5.48 Å². The molecule has 78 valence electrons. The quantitative estimate of drug-likeness (QED) is 0.813. The van der Waals surface area contributed by atoms with Crippen LogP contribution >= 0.6 is 0 Å². The molecule has 1 N–H and O–H groups in total. The zero-order valence-corrected chi connectivity index (χ0v) is 8.49. The number of hydrogen-bond acceptors (Lipinski definition) is 5. The highest BCUT2D eigenvalue weighted by Gasteiger charge is 2.09. The summed E-state index contributed by atoms with van der Waals surface area (Å²) in [5.41, 5.74) is 4.13. The summed E-state index contributed by atoms with van der Waals surface area (Å²) in [6.07, 6.45) is 1.80. The van der Waals surface area contributed by atoms with Crippen molar-refractivity contribution in [2.45, 2.75) is 0 Å². The standard InChI is InChI=1S/C9H8N2O3S/c12-15(13)10-6-8-5-7-3-1-2-4-9(7)14-11-8/h1-5,11H,6H2. The van der Waals surface area contributed by atoms with E-state index in [-0.39, 0.29) is 6.54 Å². The number of rotatable bonds is 2. The van der Waals surface area contributed by atoms with Gasteiger partial charge in [-0.3, -0.25) is 0 Å². The van der Waals surface area contributed by atoms with Crippen molar-refractivity contribution in [3.63, 3.8) is 0 Å². The summed E-state index contributed by atoms with van der Waals surface area (Å²) in [4.78, 5) is 5.19. The topological polar surface area (TPSA) is 67.8 Å². The predicted octanol–water partition coefficient (Wildman–Crippen LogP) is 0.987. The smallest absolute Gasteiger partial charge is 0.311 e. The molecule has 15 heavy (non-hydrogen) atoms. The van der Waals surface area contributed by atoms with E-state index in [2.05, 4.69) is 9.84 Å². The zero-order chi connectivity index (χ0) is 10.7. The Hall–Kier alpha value is -1.82. The molecule has 1 aliphatic rings. The van der Waals surface area contributed by atoms with Crippen LogP contribution < -0.4 is 10.3 Å². The highest BCUT2D eigenvalue weighted by atomic mass is 32.2. The first kappa shape index (κ1) is 9.72. The van der Waals surface area contributed by atoms with Gasteiger partial charge >= 0.3 is 10.5 Å². The molecule has 0 atom stereocenters. The van der Waals surface area contributed by atoms with Crippen LogP contribution in [0, 0.1) is 0 Å². The van der Waals surface area contributed by atoms with Crippen molar-refractivity contribution >= 4 is 16.6 Å². The van der Waals surface area contributed by atoms with Gasteiger partial charge in [-0.2, -0.15) is 12.8 Å². The molecule has 0 spiro atoms. The Kier molecular flexibility index (Phi) is 2.68. The fraction of sp³-hybridized carbons (Fsp3) is 0.111. The monoisotopic (exact) mass is 224 g/mol. The number of hydroxylamine groups is 1. The van der Waals surface area contributed by atoms with E-state index in [9.17, 15) is 8.42 Å². The lowest BCUT2D eigenvalue weighted by Gasteiger charge is -2.16. The number of benzene rings is 1. The lowest BCUT2D eigenvalue weighted by Crippen LogP contribution is -2.23. The van der Waals surface area contributed by atoms with Crippen LogP contribution in [-0.2, 0) is 10.5 Å². The number of nitrogens with one attached hydrogen (secondary N) is 1. The second-order valence-electron chi connectivity index (χ2n) is 2.92. The molecule has 1 heterocycles. The maximum absolute atomic E-state index is 10.2. The van der Waals surface area contributed by atoms with E-state index in [0.29, 0.717) is 11.4 Å². The molecular weight excluding hydrogens is 216 g/mol. The van der Waals surface area contributed by atoms with Crippen molar-refractivity contribution < 1.29 is 13.3 Å². The molecule has 0 saturated heterocycles. The van der Waals surface area contributed by atoms with Gasteiger partial charge in [0.1, 0.15) is 0 Å². The molecule has 2 rings (SSSR count). The van der Waals surface area contributed by atoms with Gasteiger partial charge in [-0.1, -0.05) is 18.2 Å². The van der Waals surface area contributed by atoms with Gasteiger partial charge in [0.25, 0.3) is 0 Å². The van der Waals surface area contributed by atoms with Gasteiger partial charge in [-0.05, 0) is 12.1 Å². The SMILES string of the molecule is O=S(=O)=NCC1=Cc2ccccc2ON1. The molecule has 0 radical (unpaired) electrons. The van der Waals surface area contributed by atoms with Crippen LogP contribution in [-0.4, -0.2) is 15.0 Å². The molecule has 0 aliphatic carbocycles. The average molecular weight is 224 g/mol. The number of nitrogens with zero attached hydrogens (tertiary/aromatic N) is 1. The van der Waals surface area contributed by atoms with Crippen LogP contribution in [0.1, 0.15) is 5.56 Å². The molecule has 1 aromatic rings. The van der Waals surface area contributed by atoms with Gasteiger partial charge < -0.3 is 4.84 Å². The van der Waals surface area contributed by atoms with E-state index in [1.165, 1.54) is 0 Å². The van der Waals surface area contributed by atoms with Gasteiger partial charge in [-0.25, -0.2) is 5.48 Å². The Bertz CT molecular complexity index is 526. The third-order valence-electron chi connectivity index (χ3n) is 1.88. The molecule has 1 aliphatic heterocycles. The Morgan fingerprint density at radius 1 is 1.33 bits per heavy atom. The van der Waals surface area contributed by atoms with E-state index in [4.69, 9.17) is 4.84 Å². The van der Waals surface area contributed by atoms with Crippen molar-refractivity contribution in [2.24, 2.45) is 4.36 Å². The minimum atomic E-state index is -2.39. The van der Waals surface area contributed by atoms with Crippen LogP contribution in [0.2, 0.25) is 0 Å². The van der Waals surface area contributed by atoms with E-state index in [1.54, 1.807) is 6.08 Å². The molecule has 0 saturated carbocycles. The molecule has 0 bridgehead atoms. The summed E-state index contributed by atoms with van der Waals surface area (Å²) < 4.78 is 23.8. The van der Waals surface area contributed by atoms with Gasteiger partial charge in [0.15, 0.2) is 5.75 Å². The average Bonchev–Trinajstić information content (AvgIpc) is 2.26. The first-order valence-corrected chi connectivity index (χ1v) is 5.28. The summed E-state index contributed by atoms with van der Waals surface area (Å²) in [5.74, 6) is 0.712. The van der Waals surface area contributed by atoms with Crippen LogP contribution in [0.5, 0.6) is 5.75 Å². The van der Waals surface area contributed by atoms with Crippen molar-refractivity contribution in [3.05, 3.63) is 35.5 Å². The number of fused-ring (bicyclic) bond motifs is 1. The molecule has 1 aromatic carbocycles. The Morgan fingerprint density at radius 2 is 2.13 bits per heavy atom. The normalized spacial score (nSPS) is 12.9. The van der Waals surface area contributed by atoms with Crippen LogP contribution in [0.4, 0.5) is 0 Å². The van der Waals surface area contributed by atoms with Crippen LogP contribution in [0.25, 0.3) is 6.08 Å². The predicted molar refractivity (Wildman–Crippen MR) is 54.4 cm³/mol. The molecule has 0 fully saturated rings. The summed E-state index contributed by atoms with van der Waals surface area (Å²) in [6.45, 7) is 0.0600. The molecule has 0 amide bonds. The Balaban J connectivity index is 2.25. The highest BCUT2D eigenvalue weighted by Crippen LogP contribution is 2.23. The molecule has 5 nitrogen and oxygen atoms in total. The number of hydrogen-bond donors (Lipinski definition) is 1. The van der Waals surface area contributed by atoms with E-state index >= 15 is 0 Å². The lowest BCUT2D eigenvalue weighted by molar-refractivity contribution is 0.224. The minimum Gasteiger partial charge on any atom is -0.382 e. The largest absolute Gasteiger partial charge is 0.382 e. The summed E-state index contributed by atoms with van der Waals surface area (Å²) in [5, 5.41) is 0. The third-order valence-corrected chi connectivity index (χ3v) is 2.22. The fourth-order valence-electron chi connectivity index (χ4n) is 1.23. The second-order valence-corrected chi connectivity index (χ2v) is 3.61. The minimum absolute atomic E-state index is 0.0600. The Labute approximate surface area is 88.0 Å². The van der Waals surface area contributed by atoms with Crippen LogP contribution in [0.3, 0.4) is 0 Å². The van der Waals surface area contributed by atoms with E-state index in [0.717, 1.165) is 5.56 Å². The van der Waals surface area contributed by atoms with Crippen molar-refractivity contribution in [2.75, 3.05) is 6.54 Å². The highest BCUT2D eigenvalue weighted by molar-refractivity contribution is 7.61. The van der Waals surface area contributed by atoms with E-state index < -0.39 is 10.5 Å². The first-order chi connectivity index (χ1) is 7.25. The third kappa shape index (κ3) is 2.35. The van der Waals surface area contributed by atoms with Gasteiger partial charge in [0, 0.05) is 5.56 Å². The first-order valence-electron chi connectivity index (χ1n) is 4.25. The van der Waals surface area contributed by atoms with Gasteiger partial charge in [-0.15, -0.1) is 0 Å². The molecule has 0 unspecified atom stereocenters. The van der Waals surface area contributed by atoms with Crippen LogP contribution in [0.15, 0.2) is 34.3 Å². The maximum atomic E-state index is 10.2. The fourth-order valence-corrected chi connectivity index (χ4v) is 1.48. The summed E-state index contributed by atoms with van der Waals surface area (Å²) in [6, 6.07) is 7.43. The molecule has 0 aromatic heterocycles. The van der Waals surface area contributed by atoms with E-state index in [1.807, 2.05) is 24.3 Å². The maximum Gasteiger partial charge on any atom is 0.311 e. The second kappa shape index (κ2) is 4.14. The van der Waals surface area contributed by atoms with Gasteiger partial charge in [0.05, 0.1) is 12.2 Å². The lowest BCUT2D eigenvalue weighted by atomic mass is 10.1. The summed E-state index contributed by atoms with van der Waals surface area (Å²) >= 11 is 0. The van der Waals surface area contributed by atoms with Gasteiger partial charge in [0.2, 0.25) is 0 Å². The molecular formula is C9H8N2O3S. The number of para-hydroxylation sites is 1. The molecule has 6 heteroatoms.